The Labute approximate surface area is 118 Å². The Kier molecular flexibility index (Phi) is 4.43. The zero-order valence-corrected chi connectivity index (χ0v) is 12.2. The van der Waals surface area contributed by atoms with Crippen LogP contribution in [0.3, 0.4) is 0 Å². The van der Waals surface area contributed by atoms with Gasteiger partial charge < -0.3 is 15.5 Å². The molecule has 5 heteroatoms. The van der Waals surface area contributed by atoms with Crippen molar-refractivity contribution in [1.29, 1.82) is 0 Å². The lowest BCUT2D eigenvalue weighted by Gasteiger charge is -2.38. The number of rotatable bonds is 5. The van der Waals surface area contributed by atoms with E-state index in [0.717, 1.165) is 0 Å². The Hall–Kier alpha value is -2.04. The number of nitrogens with one attached hydrogen (secondary N) is 1. The van der Waals surface area contributed by atoms with Gasteiger partial charge in [-0.3, -0.25) is 9.59 Å². The van der Waals surface area contributed by atoms with Crippen LogP contribution in [-0.2, 0) is 16.0 Å². The summed E-state index contributed by atoms with van der Waals surface area (Å²) in [5, 5.41) is 21.6. The van der Waals surface area contributed by atoms with Gasteiger partial charge in [0.1, 0.15) is 5.75 Å². The maximum absolute atomic E-state index is 12.0. The Morgan fingerprint density at radius 2 is 1.70 bits per heavy atom. The van der Waals surface area contributed by atoms with Gasteiger partial charge in [-0.05, 0) is 33.8 Å². The monoisotopic (exact) mass is 279 g/mol. The molecule has 1 aromatic carbocycles. The normalized spacial score (nSPS) is 12.0. The smallest absolute Gasteiger partial charge is 0.311 e. The molecular weight excluding hydrogens is 258 g/mol. The van der Waals surface area contributed by atoms with Crippen molar-refractivity contribution in [1.82, 2.24) is 5.32 Å². The van der Waals surface area contributed by atoms with Gasteiger partial charge in [-0.15, -0.1) is 0 Å². The SMILES string of the molecule is CC(C)(NC(=O)Cc1ccccc1O)C(C)(C)C(=O)O. The van der Waals surface area contributed by atoms with Crippen molar-refractivity contribution in [3.05, 3.63) is 29.8 Å². The molecule has 0 heterocycles. The van der Waals surface area contributed by atoms with Gasteiger partial charge in [0.25, 0.3) is 0 Å². The minimum atomic E-state index is -1.11. The summed E-state index contributed by atoms with van der Waals surface area (Å²) in [4.78, 5) is 23.3. The van der Waals surface area contributed by atoms with Gasteiger partial charge in [0.05, 0.1) is 11.8 Å². The summed E-state index contributed by atoms with van der Waals surface area (Å²) in [5.74, 6) is -1.26. The summed E-state index contributed by atoms with van der Waals surface area (Å²) in [6, 6.07) is 6.57. The summed E-state index contributed by atoms with van der Waals surface area (Å²) in [6.45, 7) is 6.47. The van der Waals surface area contributed by atoms with Crippen molar-refractivity contribution in [2.75, 3.05) is 0 Å². The van der Waals surface area contributed by atoms with Crippen molar-refractivity contribution in [3.8, 4) is 5.75 Å². The zero-order valence-electron chi connectivity index (χ0n) is 12.2. The molecule has 1 aromatic rings. The number of carboxylic acids is 1. The minimum Gasteiger partial charge on any atom is -0.508 e. The molecule has 20 heavy (non-hydrogen) atoms. The molecule has 0 spiro atoms. The molecule has 0 aliphatic carbocycles. The first-order valence-electron chi connectivity index (χ1n) is 6.39. The van der Waals surface area contributed by atoms with Crippen LogP contribution in [0.25, 0.3) is 0 Å². The van der Waals surface area contributed by atoms with E-state index in [1.807, 2.05) is 0 Å². The maximum Gasteiger partial charge on any atom is 0.311 e. The average Bonchev–Trinajstić information content (AvgIpc) is 2.31. The largest absolute Gasteiger partial charge is 0.508 e. The van der Waals surface area contributed by atoms with Crippen LogP contribution in [0.15, 0.2) is 24.3 Å². The van der Waals surface area contributed by atoms with Crippen LogP contribution in [0.5, 0.6) is 5.75 Å². The van der Waals surface area contributed by atoms with Crippen LogP contribution in [0.4, 0.5) is 0 Å². The topological polar surface area (TPSA) is 86.6 Å². The standard InChI is InChI=1S/C15H21NO4/c1-14(2,13(19)20)15(3,4)16-12(18)9-10-7-5-6-8-11(10)17/h5-8,17H,9H2,1-4H3,(H,16,18)(H,19,20). The number of hydrogen-bond acceptors (Lipinski definition) is 3. The summed E-state index contributed by atoms with van der Waals surface area (Å²) >= 11 is 0. The van der Waals surface area contributed by atoms with Crippen molar-refractivity contribution >= 4 is 11.9 Å². The van der Waals surface area contributed by atoms with E-state index < -0.39 is 16.9 Å². The molecule has 110 valence electrons. The van der Waals surface area contributed by atoms with E-state index >= 15 is 0 Å². The van der Waals surface area contributed by atoms with Gasteiger partial charge in [0.15, 0.2) is 0 Å². The van der Waals surface area contributed by atoms with E-state index in [-0.39, 0.29) is 18.1 Å². The molecule has 0 saturated heterocycles. The zero-order chi connectivity index (χ0) is 15.6. The van der Waals surface area contributed by atoms with Crippen molar-refractivity contribution in [2.24, 2.45) is 5.41 Å². The number of benzene rings is 1. The molecule has 3 N–H and O–H groups in total. The molecule has 5 nitrogen and oxygen atoms in total. The van der Waals surface area contributed by atoms with Gasteiger partial charge in [0, 0.05) is 11.1 Å². The molecule has 1 rings (SSSR count). The molecular formula is C15H21NO4. The van der Waals surface area contributed by atoms with Gasteiger partial charge in [-0.25, -0.2) is 0 Å². The summed E-state index contributed by atoms with van der Waals surface area (Å²) in [6.07, 6.45) is 0.00576. The van der Waals surface area contributed by atoms with Crippen LogP contribution < -0.4 is 5.32 Å². The molecule has 0 aromatic heterocycles. The summed E-state index contributed by atoms with van der Waals surface area (Å²) in [7, 11) is 0. The third-order valence-corrected chi connectivity index (χ3v) is 3.89. The summed E-state index contributed by atoms with van der Waals surface area (Å²) < 4.78 is 0. The molecule has 0 atom stereocenters. The van der Waals surface area contributed by atoms with E-state index in [1.54, 1.807) is 45.9 Å². The first-order chi connectivity index (χ1) is 9.08. The first-order valence-corrected chi connectivity index (χ1v) is 6.39. The second-order valence-corrected chi connectivity index (χ2v) is 5.91. The van der Waals surface area contributed by atoms with Crippen LogP contribution in [0, 0.1) is 5.41 Å². The van der Waals surface area contributed by atoms with Crippen LogP contribution in [-0.4, -0.2) is 27.6 Å². The Bertz CT molecular complexity index is 520. The molecule has 0 bridgehead atoms. The molecule has 0 fully saturated rings. The first kappa shape index (κ1) is 16.0. The lowest BCUT2D eigenvalue weighted by molar-refractivity contribution is -0.151. The van der Waals surface area contributed by atoms with Gasteiger partial charge >= 0.3 is 5.97 Å². The molecule has 0 radical (unpaired) electrons. The van der Waals surface area contributed by atoms with E-state index in [2.05, 4.69) is 5.32 Å². The molecule has 0 aliphatic heterocycles. The number of para-hydroxylation sites is 1. The van der Waals surface area contributed by atoms with E-state index in [9.17, 15) is 19.8 Å². The highest BCUT2D eigenvalue weighted by atomic mass is 16.4. The Morgan fingerprint density at radius 3 is 2.20 bits per heavy atom. The van der Waals surface area contributed by atoms with Crippen molar-refractivity contribution in [2.45, 2.75) is 39.7 Å². The van der Waals surface area contributed by atoms with Crippen LogP contribution >= 0.6 is 0 Å². The Morgan fingerprint density at radius 1 is 1.15 bits per heavy atom. The third kappa shape index (κ3) is 3.29. The molecule has 1 amide bonds. The fourth-order valence-corrected chi connectivity index (χ4v) is 1.65. The molecule has 0 aliphatic rings. The predicted molar refractivity (Wildman–Crippen MR) is 75.4 cm³/mol. The minimum absolute atomic E-state index is 0.00576. The highest BCUT2D eigenvalue weighted by Gasteiger charge is 2.44. The van der Waals surface area contributed by atoms with Crippen LogP contribution in [0.2, 0.25) is 0 Å². The van der Waals surface area contributed by atoms with Crippen molar-refractivity contribution < 1.29 is 19.8 Å². The number of hydrogen-bond donors (Lipinski definition) is 3. The van der Waals surface area contributed by atoms with E-state index in [4.69, 9.17) is 0 Å². The average molecular weight is 279 g/mol. The second-order valence-electron chi connectivity index (χ2n) is 5.91. The third-order valence-electron chi connectivity index (χ3n) is 3.89. The number of phenols is 1. The molecule has 0 saturated carbocycles. The fraction of sp³-hybridized carbons (Fsp3) is 0.467. The number of carboxylic acid groups (broad SMARTS) is 1. The second kappa shape index (κ2) is 5.53. The number of carbonyl (C=O) groups is 2. The lowest BCUT2D eigenvalue weighted by atomic mass is 9.74. The predicted octanol–water partition coefficient (Wildman–Crippen LogP) is 1.94. The van der Waals surface area contributed by atoms with Gasteiger partial charge in [-0.1, -0.05) is 18.2 Å². The molecule has 0 unspecified atom stereocenters. The quantitative estimate of drug-likeness (QED) is 0.768. The summed E-state index contributed by atoms with van der Waals surface area (Å²) in [5.41, 5.74) is -1.52. The number of aromatic hydroxyl groups is 1. The van der Waals surface area contributed by atoms with Gasteiger partial charge in [0.2, 0.25) is 5.91 Å². The fourth-order valence-electron chi connectivity index (χ4n) is 1.65. The van der Waals surface area contributed by atoms with E-state index in [0.29, 0.717) is 5.56 Å². The number of aliphatic carboxylic acids is 1. The maximum atomic E-state index is 12.0. The number of carbonyl (C=O) groups excluding carboxylic acids is 1. The highest BCUT2D eigenvalue weighted by Crippen LogP contribution is 2.30. The van der Waals surface area contributed by atoms with Crippen molar-refractivity contribution in [3.63, 3.8) is 0 Å². The Balaban J connectivity index is 2.81. The highest BCUT2D eigenvalue weighted by molar-refractivity contribution is 5.82. The van der Waals surface area contributed by atoms with Crippen LogP contribution in [0.1, 0.15) is 33.3 Å². The number of amides is 1. The number of phenolic OH excluding ortho intramolecular Hbond substituents is 1. The van der Waals surface area contributed by atoms with E-state index in [1.165, 1.54) is 6.07 Å². The lowest BCUT2D eigenvalue weighted by Crippen LogP contribution is -2.57. The van der Waals surface area contributed by atoms with Gasteiger partial charge in [-0.2, -0.15) is 0 Å².